The Morgan fingerprint density at radius 2 is 2.15 bits per heavy atom. The van der Waals surface area contributed by atoms with Crippen LogP contribution in [0.5, 0.6) is 11.5 Å². The fraction of sp³-hybridized carbons (Fsp3) is 0.474. The summed E-state index contributed by atoms with van der Waals surface area (Å²) in [6.07, 6.45) is 4.54. The molecule has 2 unspecified atom stereocenters. The first-order chi connectivity index (χ1) is 12.6. The van der Waals surface area contributed by atoms with E-state index in [0.717, 1.165) is 41.6 Å². The number of nitrogens with two attached hydrogens (primary N) is 1. The number of rotatable bonds is 4. The zero-order valence-electron chi connectivity index (χ0n) is 15.1. The first-order valence-electron chi connectivity index (χ1n) is 8.86. The van der Waals surface area contributed by atoms with Gasteiger partial charge in [0.05, 0.1) is 19.4 Å². The van der Waals surface area contributed by atoms with Crippen LogP contribution in [-0.2, 0) is 0 Å². The standard InChI is InChI=1S/C19H24N4O2S/c1-3-25-16-8-12-11-6-4-5-7-14(11)23-18(13(12)9-15(16)24-2)17(10-20)26-19(21)22/h8-9,11,14,23H,3-7H2,1-2H3,(H3,21,22)/b18-17-. The second kappa shape index (κ2) is 7.92. The second-order valence-corrected chi connectivity index (χ2v) is 7.50. The van der Waals surface area contributed by atoms with Crippen molar-refractivity contribution in [3.63, 3.8) is 0 Å². The number of nitrogens with one attached hydrogen (secondary N) is 2. The van der Waals surface area contributed by atoms with Gasteiger partial charge in [0.25, 0.3) is 0 Å². The van der Waals surface area contributed by atoms with E-state index in [2.05, 4.69) is 17.5 Å². The summed E-state index contributed by atoms with van der Waals surface area (Å²) in [5.41, 5.74) is 8.41. The highest BCUT2D eigenvalue weighted by Crippen LogP contribution is 2.46. The Kier molecular flexibility index (Phi) is 5.62. The quantitative estimate of drug-likeness (QED) is 0.424. The number of hydrogen-bond donors (Lipinski definition) is 3. The van der Waals surface area contributed by atoms with Crippen molar-refractivity contribution in [1.29, 1.82) is 10.7 Å². The summed E-state index contributed by atoms with van der Waals surface area (Å²) in [5, 5.41) is 20.7. The maximum atomic E-state index is 9.64. The Morgan fingerprint density at radius 1 is 1.38 bits per heavy atom. The van der Waals surface area contributed by atoms with Crippen LogP contribution < -0.4 is 20.5 Å². The highest BCUT2D eigenvalue weighted by atomic mass is 32.2. The summed E-state index contributed by atoms with van der Waals surface area (Å²) >= 11 is 0.982. The lowest BCUT2D eigenvalue weighted by atomic mass is 9.75. The average Bonchev–Trinajstić information content (AvgIpc) is 2.65. The van der Waals surface area contributed by atoms with Gasteiger partial charge in [0.1, 0.15) is 11.0 Å². The number of methoxy groups -OCH3 is 1. The van der Waals surface area contributed by atoms with Crippen LogP contribution in [0.25, 0.3) is 5.70 Å². The largest absolute Gasteiger partial charge is 0.493 e. The fourth-order valence-electron chi connectivity index (χ4n) is 3.89. The van der Waals surface area contributed by atoms with Gasteiger partial charge < -0.3 is 20.5 Å². The van der Waals surface area contributed by atoms with E-state index in [9.17, 15) is 5.26 Å². The molecule has 4 N–H and O–H groups in total. The topological polar surface area (TPSA) is 104 Å². The van der Waals surface area contributed by atoms with E-state index >= 15 is 0 Å². The zero-order chi connectivity index (χ0) is 18.7. The minimum atomic E-state index is -0.0962. The molecule has 0 bridgehead atoms. The molecule has 3 rings (SSSR count). The van der Waals surface area contributed by atoms with Gasteiger partial charge in [-0.05, 0) is 49.2 Å². The first kappa shape index (κ1) is 18.5. The molecule has 1 aromatic carbocycles. The van der Waals surface area contributed by atoms with Gasteiger partial charge in [0, 0.05) is 17.5 Å². The summed E-state index contributed by atoms with van der Waals surface area (Å²) in [7, 11) is 1.61. The average molecular weight is 372 g/mol. The third kappa shape index (κ3) is 3.47. The van der Waals surface area contributed by atoms with Crippen molar-refractivity contribution >= 4 is 22.6 Å². The monoisotopic (exact) mass is 372 g/mol. The molecule has 138 valence electrons. The highest BCUT2D eigenvalue weighted by molar-refractivity contribution is 8.17. The molecule has 1 aliphatic heterocycles. The lowest BCUT2D eigenvalue weighted by Crippen LogP contribution is -2.41. The number of nitriles is 1. The highest BCUT2D eigenvalue weighted by Gasteiger charge is 2.36. The third-order valence-corrected chi connectivity index (χ3v) is 5.66. The molecule has 26 heavy (non-hydrogen) atoms. The number of ether oxygens (including phenoxy) is 2. The van der Waals surface area contributed by atoms with Gasteiger partial charge in [0.2, 0.25) is 0 Å². The number of hydrogen-bond acceptors (Lipinski definition) is 6. The molecule has 0 aromatic heterocycles. The number of fused-ring (bicyclic) bond motifs is 3. The van der Waals surface area contributed by atoms with Crippen molar-refractivity contribution in [1.82, 2.24) is 5.32 Å². The molecular weight excluding hydrogens is 348 g/mol. The van der Waals surface area contributed by atoms with Crippen LogP contribution in [0.4, 0.5) is 0 Å². The van der Waals surface area contributed by atoms with Crippen LogP contribution in [0.15, 0.2) is 17.0 Å². The number of thioether (sulfide) groups is 1. The van der Waals surface area contributed by atoms with E-state index in [1.54, 1.807) is 7.11 Å². The van der Waals surface area contributed by atoms with Crippen LogP contribution in [-0.4, -0.2) is 24.9 Å². The van der Waals surface area contributed by atoms with E-state index in [1.807, 2.05) is 13.0 Å². The Morgan fingerprint density at radius 3 is 2.81 bits per heavy atom. The Bertz CT molecular complexity index is 784. The number of allylic oxidation sites excluding steroid dienone is 1. The molecular formula is C19H24N4O2S. The molecule has 2 aliphatic rings. The summed E-state index contributed by atoms with van der Waals surface area (Å²) in [6, 6.07) is 6.49. The van der Waals surface area contributed by atoms with Crippen LogP contribution in [0.2, 0.25) is 0 Å². The molecule has 1 aliphatic carbocycles. The van der Waals surface area contributed by atoms with Crippen LogP contribution in [0.3, 0.4) is 0 Å². The van der Waals surface area contributed by atoms with Crippen molar-refractivity contribution in [2.75, 3.05) is 13.7 Å². The van der Waals surface area contributed by atoms with Crippen molar-refractivity contribution in [2.45, 2.75) is 44.6 Å². The Hall–Kier alpha value is -2.33. The van der Waals surface area contributed by atoms with E-state index in [-0.39, 0.29) is 11.2 Å². The molecule has 1 aromatic rings. The summed E-state index contributed by atoms with van der Waals surface area (Å²) in [4.78, 5) is 0.411. The number of amidine groups is 1. The van der Waals surface area contributed by atoms with Gasteiger partial charge in [-0.2, -0.15) is 5.26 Å². The maximum absolute atomic E-state index is 9.64. The van der Waals surface area contributed by atoms with Gasteiger partial charge in [-0.1, -0.05) is 12.8 Å². The van der Waals surface area contributed by atoms with Crippen molar-refractivity contribution in [3.05, 3.63) is 28.2 Å². The van der Waals surface area contributed by atoms with Gasteiger partial charge >= 0.3 is 0 Å². The fourth-order valence-corrected chi connectivity index (χ4v) is 4.43. The van der Waals surface area contributed by atoms with E-state index in [0.29, 0.717) is 23.2 Å². The molecule has 0 radical (unpaired) electrons. The number of nitrogens with zero attached hydrogens (tertiary/aromatic N) is 1. The van der Waals surface area contributed by atoms with Crippen molar-refractivity contribution < 1.29 is 9.47 Å². The molecule has 1 heterocycles. The van der Waals surface area contributed by atoms with Crippen molar-refractivity contribution in [3.8, 4) is 17.6 Å². The van der Waals surface area contributed by atoms with Crippen LogP contribution in [0, 0.1) is 16.7 Å². The van der Waals surface area contributed by atoms with Crippen molar-refractivity contribution in [2.24, 2.45) is 5.73 Å². The summed E-state index contributed by atoms with van der Waals surface area (Å²) < 4.78 is 11.3. The van der Waals surface area contributed by atoms with Gasteiger partial charge in [-0.25, -0.2) is 0 Å². The predicted molar refractivity (Wildman–Crippen MR) is 104 cm³/mol. The first-order valence-corrected chi connectivity index (χ1v) is 9.68. The predicted octanol–water partition coefficient (Wildman–Crippen LogP) is 3.54. The van der Waals surface area contributed by atoms with Crippen LogP contribution >= 0.6 is 11.8 Å². The third-order valence-electron chi connectivity index (χ3n) is 4.94. The van der Waals surface area contributed by atoms with Gasteiger partial charge in [-0.15, -0.1) is 0 Å². The van der Waals surface area contributed by atoms with E-state index in [4.69, 9.17) is 20.6 Å². The van der Waals surface area contributed by atoms with Gasteiger partial charge in [0.15, 0.2) is 16.7 Å². The zero-order valence-corrected chi connectivity index (χ0v) is 15.9. The molecule has 0 spiro atoms. The second-order valence-electron chi connectivity index (χ2n) is 6.45. The minimum Gasteiger partial charge on any atom is -0.493 e. The Labute approximate surface area is 158 Å². The SMILES string of the molecule is CCOc1cc2c(cc1OC)/C(=C(\C#N)SC(=N)N)NC1CCCCC21. The molecule has 6 nitrogen and oxygen atoms in total. The lowest BCUT2D eigenvalue weighted by Gasteiger charge is -2.40. The molecule has 0 saturated heterocycles. The molecule has 1 fully saturated rings. The smallest absolute Gasteiger partial charge is 0.161 e. The summed E-state index contributed by atoms with van der Waals surface area (Å²) in [5.74, 6) is 1.76. The normalized spacial score (nSPS) is 23.0. The van der Waals surface area contributed by atoms with Gasteiger partial charge in [-0.3, -0.25) is 5.41 Å². The molecule has 2 atom stereocenters. The minimum absolute atomic E-state index is 0.0962. The van der Waals surface area contributed by atoms with Crippen LogP contribution in [0.1, 0.15) is 49.7 Å². The van der Waals surface area contributed by atoms with E-state index in [1.165, 1.54) is 18.4 Å². The van der Waals surface area contributed by atoms with E-state index < -0.39 is 0 Å². The molecule has 1 saturated carbocycles. The maximum Gasteiger partial charge on any atom is 0.161 e. The molecule has 7 heteroatoms. The lowest BCUT2D eigenvalue weighted by molar-refractivity contribution is 0.306. The molecule has 0 amide bonds. The summed E-state index contributed by atoms with van der Waals surface area (Å²) in [6.45, 7) is 2.51. The Balaban J connectivity index is 2.20. The number of benzene rings is 1.